The number of hydrogen-bond donors (Lipinski definition) is 1. The minimum absolute atomic E-state index is 0.0183. The number of piperidine rings is 1. The van der Waals surface area contributed by atoms with Crippen molar-refractivity contribution < 1.29 is 19.0 Å². The number of nitrogens with one attached hydrogen (secondary N) is 1. The van der Waals surface area contributed by atoms with Crippen LogP contribution in [0.2, 0.25) is 0 Å². The minimum atomic E-state index is 0.0183. The topological polar surface area (TPSA) is 72.9 Å². The number of carbonyl (C=O) groups excluding carboxylic acids is 1. The number of aromatic nitrogens is 1. The van der Waals surface area contributed by atoms with Crippen LogP contribution in [0.4, 0.5) is 5.82 Å². The number of fused-ring (bicyclic) bond motifs is 2. The van der Waals surface area contributed by atoms with Crippen molar-refractivity contribution in [1.29, 1.82) is 0 Å². The number of methoxy groups -OCH3 is 1. The Hall–Kier alpha value is -4.10. The van der Waals surface area contributed by atoms with E-state index in [4.69, 9.17) is 19.2 Å². The Kier molecular flexibility index (Phi) is 6.84. The highest BCUT2D eigenvalue weighted by atomic mass is 16.7. The molecule has 38 heavy (non-hydrogen) atoms. The number of nitrogens with zero attached hydrogens (tertiary/aromatic N) is 2. The zero-order valence-electron chi connectivity index (χ0n) is 21.5. The maximum atomic E-state index is 14.1. The molecule has 1 amide bonds. The fourth-order valence-corrected chi connectivity index (χ4v) is 5.33. The number of ether oxygens (including phenoxy) is 3. The Bertz CT molecular complexity index is 1450. The molecule has 194 valence electrons. The second-order valence-corrected chi connectivity index (χ2v) is 9.80. The highest BCUT2D eigenvalue weighted by Crippen LogP contribution is 2.37. The lowest BCUT2D eigenvalue weighted by Gasteiger charge is -2.35. The summed E-state index contributed by atoms with van der Waals surface area (Å²) in [5.41, 5.74) is 4.56. The van der Waals surface area contributed by atoms with Gasteiger partial charge in [-0.25, -0.2) is 4.98 Å². The average molecular weight is 510 g/mol. The van der Waals surface area contributed by atoms with Gasteiger partial charge in [-0.2, -0.15) is 0 Å². The zero-order valence-corrected chi connectivity index (χ0v) is 21.5. The van der Waals surface area contributed by atoms with Crippen LogP contribution in [0.5, 0.6) is 11.5 Å². The first kappa shape index (κ1) is 24.2. The summed E-state index contributed by atoms with van der Waals surface area (Å²) in [7, 11) is 1.70. The van der Waals surface area contributed by atoms with Crippen molar-refractivity contribution >= 4 is 22.6 Å². The van der Waals surface area contributed by atoms with E-state index in [-0.39, 0.29) is 18.7 Å². The molecule has 1 N–H and O–H groups in total. The van der Waals surface area contributed by atoms with Gasteiger partial charge in [0.2, 0.25) is 6.79 Å². The average Bonchev–Trinajstić information content (AvgIpc) is 3.44. The molecule has 0 aliphatic carbocycles. The van der Waals surface area contributed by atoms with Gasteiger partial charge < -0.3 is 24.4 Å². The number of likely N-dealkylation sites (tertiary alicyclic amines) is 1. The largest absolute Gasteiger partial charge is 0.454 e. The number of rotatable bonds is 7. The standard InChI is InChI=1S/C31H31N3O4/c1-36-19-24-9-5-6-14-34(24)31(35)26-17-30(32-18-21-7-3-2-4-8-21)33-27-12-10-22(15-25(26)27)23-11-13-28-29(16-23)38-20-37-28/h2-4,7-8,10-13,15-17,24H,5-6,9,14,18-20H2,1H3,(H,32,33)/t24-/m0/s1. The van der Waals surface area contributed by atoms with Gasteiger partial charge in [0.15, 0.2) is 11.5 Å². The van der Waals surface area contributed by atoms with Crippen LogP contribution < -0.4 is 14.8 Å². The van der Waals surface area contributed by atoms with Crippen molar-refractivity contribution in [3.63, 3.8) is 0 Å². The van der Waals surface area contributed by atoms with Crippen molar-refractivity contribution in [2.24, 2.45) is 0 Å². The Morgan fingerprint density at radius 2 is 1.82 bits per heavy atom. The van der Waals surface area contributed by atoms with Crippen LogP contribution in [0.3, 0.4) is 0 Å². The molecule has 1 atom stereocenters. The van der Waals surface area contributed by atoms with Crippen LogP contribution in [0.15, 0.2) is 72.8 Å². The van der Waals surface area contributed by atoms with E-state index < -0.39 is 0 Å². The molecule has 0 saturated carbocycles. The molecule has 2 aliphatic heterocycles. The summed E-state index contributed by atoms with van der Waals surface area (Å²) in [6.07, 6.45) is 3.05. The predicted molar refractivity (Wildman–Crippen MR) is 148 cm³/mol. The molecule has 1 fully saturated rings. The first-order valence-electron chi connectivity index (χ1n) is 13.1. The van der Waals surface area contributed by atoms with Crippen molar-refractivity contribution in [1.82, 2.24) is 9.88 Å². The molecule has 2 aliphatic rings. The third-order valence-corrected chi connectivity index (χ3v) is 7.31. The van der Waals surface area contributed by atoms with Gasteiger partial charge in [0.1, 0.15) is 5.82 Å². The molecule has 7 nitrogen and oxygen atoms in total. The smallest absolute Gasteiger partial charge is 0.255 e. The summed E-state index contributed by atoms with van der Waals surface area (Å²) < 4.78 is 16.5. The number of amides is 1. The van der Waals surface area contributed by atoms with Gasteiger partial charge in [-0.3, -0.25) is 4.79 Å². The highest BCUT2D eigenvalue weighted by molar-refractivity contribution is 6.08. The lowest BCUT2D eigenvalue weighted by molar-refractivity contribution is 0.0430. The second-order valence-electron chi connectivity index (χ2n) is 9.80. The molecule has 0 bridgehead atoms. The third kappa shape index (κ3) is 4.89. The van der Waals surface area contributed by atoms with Crippen LogP contribution in [-0.4, -0.2) is 48.9 Å². The van der Waals surface area contributed by atoms with E-state index in [1.54, 1.807) is 7.11 Å². The molecule has 0 unspecified atom stereocenters. The summed E-state index contributed by atoms with van der Waals surface area (Å²) in [4.78, 5) is 21.0. The van der Waals surface area contributed by atoms with Gasteiger partial charge in [0.05, 0.1) is 23.7 Å². The second kappa shape index (κ2) is 10.7. The Balaban J connectivity index is 1.40. The fourth-order valence-electron chi connectivity index (χ4n) is 5.33. The van der Waals surface area contributed by atoms with Gasteiger partial charge in [0, 0.05) is 25.6 Å². The molecule has 3 aromatic carbocycles. The van der Waals surface area contributed by atoms with E-state index in [1.165, 1.54) is 0 Å². The molecule has 0 radical (unpaired) electrons. The predicted octanol–water partition coefficient (Wildman–Crippen LogP) is 5.88. The fraction of sp³-hybridized carbons (Fsp3) is 0.290. The maximum absolute atomic E-state index is 14.1. The Labute approximate surface area is 222 Å². The Morgan fingerprint density at radius 3 is 2.68 bits per heavy atom. The van der Waals surface area contributed by atoms with Crippen molar-refractivity contribution in [3.8, 4) is 22.6 Å². The molecule has 7 heteroatoms. The van der Waals surface area contributed by atoms with Crippen LogP contribution in [-0.2, 0) is 11.3 Å². The van der Waals surface area contributed by atoms with Crippen LogP contribution >= 0.6 is 0 Å². The van der Waals surface area contributed by atoms with Crippen molar-refractivity contribution in [2.45, 2.75) is 31.8 Å². The minimum Gasteiger partial charge on any atom is -0.454 e. The van der Waals surface area contributed by atoms with Gasteiger partial charge in [-0.1, -0.05) is 42.5 Å². The van der Waals surface area contributed by atoms with Gasteiger partial charge in [0.25, 0.3) is 5.91 Å². The third-order valence-electron chi connectivity index (χ3n) is 7.31. The number of benzene rings is 3. The molecule has 4 aromatic rings. The molecule has 1 aromatic heterocycles. The van der Waals surface area contributed by atoms with Crippen LogP contribution in [0.1, 0.15) is 35.2 Å². The maximum Gasteiger partial charge on any atom is 0.255 e. The molecular weight excluding hydrogens is 478 g/mol. The van der Waals surface area contributed by atoms with Gasteiger partial charge in [-0.15, -0.1) is 0 Å². The number of hydrogen-bond acceptors (Lipinski definition) is 6. The summed E-state index contributed by atoms with van der Waals surface area (Å²) in [5, 5.41) is 4.26. The van der Waals surface area contributed by atoms with E-state index >= 15 is 0 Å². The van der Waals surface area contributed by atoms with Gasteiger partial charge >= 0.3 is 0 Å². The van der Waals surface area contributed by atoms with Gasteiger partial charge in [-0.05, 0) is 66.3 Å². The first-order chi connectivity index (χ1) is 18.7. The monoisotopic (exact) mass is 509 g/mol. The number of anilines is 1. The molecule has 1 saturated heterocycles. The molecule has 3 heterocycles. The molecule has 6 rings (SSSR count). The van der Waals surface area contributed by atoms with E-state index in [1.807, 2.05) is 59.5 Å². The van der Waals surface area contributed by atoms with E-state index in [2.05, 4.69) is 23.5 Å². The quantitative estimate of drug-likeness (QED) is 0.335. The van der Waals surface area contributed by atoms with E-state index in [0.717, 1.165) is 64.9 Å². The number of carbonyl (C=O) groups is 1. The van der Waals surface area contributed by atoms with Crippen LogP contribution in [0, 0.1) is 0 Å². The van der Waals surface area contributed by atoms with Crippen molar-refractivity contribution in [3.05, 3.63) is 83.9 Å². The zero-order chi connectivity index (χ0) is 25.9. The summed E-state index contributed by atoms with van der Waals surface area (Å²) in [6.45, 7) is 2.12. The molecule has 0 spiro atoms. The summed E-state index contributed by atoms with van der Waals surface area (Å²) >= 11 is 0. The first-order valence-corrected chi connectivity index (χ1v) is 13.1. The highest BCUT2D eigenvalue weighted by Gasteiger charge is 2.29. The Morgan fingerprint density at radius 1 is 1.00 bits per heavy atom. The lowest BCUT2D eigenvalue weighted by atomic mass is 9.97. The number of pyridine rings is 1. The van der Waals surface area contributed by atoms with E-state index in [0.29, 0.717) is 24.5 Å². The van der Waals surface area contributed by atoms with E-state index in [9.17, 15) is 4.79 Å². The lowest BCUT2D eigenvalue weighted by Crippen LogP contribution is -2.46. The summed E-state index contributed by atoms with van der Waals surface area (Å²) in [6, 6.07) is 24.1. The van der Waals surface area contributed by atoms with Crippen LogP contribution in [0.25, 0.3) is 22.0 Å². The normalized spacial score (nSPS) is 16.6. The SMILES string of the molecule is COC[C@@H]1CCCCN1C(=O)c1cc(NCc2ccccc2)nc2ccc(-c3ccc4c(c3)OCO4)cc12. The molecular formula is C31H31N3O4. The van der Waals surface area contributed by atoms with Crippen molar-refractivity contribution in [2.75, 3.05) is 32.4 Å². The summed E-state index contributed by atoms with van der Waals surface area (Å²) in [5.74, 6) is 2.18.